The summed E-state index contributed by atoms with van der Waals surface area (Å²) in [5, 5.41) is 12.9. The molecular formula is C8H13ClN4O2. The Morgan fingerprint density at radius 2 is 2.33 bits per heavy atom. The molecule has 1 aromatic rings. The number of hydrogen-bond donors (Lipinski definition) is 2. The van der Waals surface area contributed by atoms with Crippen LogP contribution in [0.25, 0.3) is 0 Å². The van der Waals surface area contributed by atoms with Crippen molar-refractivity contribution in [3.8, 4) is 0 Å². The molecular weight excluding hydrogens is 220 g/mol. The highest BCUT2D eigenvalue weighted by Crippen LogP contribution is 2.06. The number of hydrogen-bond acceptors (Lipinski definition) is 5. The normalized spacial score (nSPS) is 10.0. The monoisotopic (exact) mass is 232 g/mol. The van der Waals surface area contributed by atoms with Gasteiger partial charge in [0.25, 0.3) is 0 Å². The van der Waals surface area contributed by atoms with E-state index in [4.69, 9.17) is 16.0 Å². The van der Waals surface area contributed by atoms with Gasteiger partial charge in [0.15, 0.2) is 0 Å². The first kappa shape index (κ1) is 11.8. The van der Waals surface area contributed by atoms with Gasteiger partial charge in [-0.3, -0.25) is 4.79 Å². The van der Waals surface area contributed by atoms with E-state index in [0.717, 1.165) is 0 Å². The van der Waals surface area contributed by atoms with Gasteiger partial charge in [-0.2, -0.15) is 0 Å². The Labute approximate surface area is 92.4 Å². The summed E-state index contributed by atoms with van der Waals surface area (Å²) >= 11 is 5.48. The van der Waals surface area contributed by atoms with Crippen molar-refractivity contribution in [2.75, 3.05) is 18.4 Å². The molecule has 0 atom stereocenters. The fraction of sp³-hybridized carbons (Fsp3) is 0.625. The molecule has 0 spiro atoms. The fourth-order valence-electron chi connectivity index (χ4n) is 0.948. The van der Waals surface area contributed by atoms with Gasteiger partial charge in [0.2, 0.25) is 11.8 Å². The number of amides is 1. The van der Waals surface area contributed by atoms with Gasteiger partial charge in [-0.05, 0) is 6.92 Å². The maximum atomic E-state index is 11.1. The molecule has 0 aliphatic heterocycles. The first-order valence-corrected chi connectivity index (χ1v) is 5.18. The molecule has 6 nitrogen and oxygen atoms in total. The molecule has 0 unspecified atom stereocenters. The minimum absolute atomic E-state index is 0.0120. The zero-order chi connectivity index (χ0) is 11.1. The van der Waals surface area contributed by atoms with Gasteiger partial charge in [-0.1, -0.05) is 5.10 Å². The zero-order valence-electron chi connectivity index (χ0n) is 8.42. The van der Waals surface area contributed by atoms with Gasteiger partial charge in [-0.25, -0.2) is 0 Å². The molecule has 0 aliphatic rings. The number of nitrogens with one attached hydrogen (secondary N) is 2. The molecule has 1 rings (SSSR count). The number of nitrogens with zero attached hydrogens (tertiary/aromatic N) is 2. The topological polar surface area (TPSA) is 80.0 Å². The number of anilines is 1. The third-order valence-electron chi connectivity index (χ3n) is 1.58. The Morgan fingerprint density at radius 3 is 2.93 bits per heavy atom. The third-order valence-corrected chi connectivity index (χ3v) is 1.81. The summed E-state index contributed by atoms with van der Waals surface area (Å²) in [6, 6.07) is 0.287. The Balaban J connectivity index is 2.22. The molecule has 0 aliphatic carbocycles. The van der Waals surface area contributed by atoms with Crippen LogP contribution in [0.1, 0.15) is 19.2 Å². The van der Waals surface area contributed by atoms with E-state index in [1.165, 1.54) is 0 Å². The van der Waals surface area contributed by atoms with Gasteiger partial charge >= 0.3 is 6.01 Å². The summed E-state index contributed by atoms with van der Waals surface area (Å²) < 4.78 is 5.08. The number of rotatable bonds is 6. The molecule has 84 valence electrons. The lowest BCUT2D eigenvalue weighted by atomic mass is 10.4. The van der Waals surface area contributed by atoms with Crippen molar-refractivity contribution in [1.82, 2.24) is 15.5 Å². The lowest BCUT2D eigenvalue weighted by Gasteiger charge is -2.01. The van der Waals surface area contributed by atoms with E-state index < -0.39 is 0 Å². The molecule has 1 heterocycles. The van der Waals surface area contributed by atoms with E-state index in [2.05, 4.69) is 20.8 Å². The Bertz CT molecular complexity index is 315. The molecule has 0 fully saturated rings. The van der Waals surface area contributed by atoms with Crippen LogP contribution >= 0.6 is 11.6 Å². The first-order chi connectivity index (χ1) is 7.26. The van der Waals surface area contributed by atoms with Crippen molar-refractivity contribution in [1.29, 1.82) is 0 Å². The molecule has 0 radical (unpaired) electrons. The summed E-state index contributed by atoms with van der Waals surface area (Å²) in [4.78, 5) is 11.1. The van der Waals surface area contributed by atoms with E-state index in [-0.39, 0.29) is 17.8 Å². The number of carbonyl (C=O) groups is 1. The smallest absolute Gasteiger partial charge is 0.315 e. The highest BCUT2D eigenvalue weighted by molar-refractivity contribution is 6.16. The van der Waals surface area contributed by atoms with Crippen molar-refractivity contribution < 1.29 is 9.21 Å². The third kappa shape index (κ3) is 4.16. The molecule has 15 heavy (non-hydrogen) atoms. The van der Waals surface area contributed by atoms with Gasteiger partial charge in [-0.15, -0.1) is 16.7 Å². The van der Waals surface area contributed by atoms with Crippen LogP contribution in [0.4, 0.5) is 6.01 Å². The fourth-order valence-corrected chi connectivity index (χ4v) is 1.06. The summed E-state index contributed by atoms with van der Waals surface area (Å²) in [5.74, 6) is 0.532. The molecule has 2 N–H and O–H groups in total. The Morgan fingerprint density at radius 1 is 1.53 bits per heavy atom. The predicted molar refractivity (Wildman–Crippen MR) is 55.6 cm³/mol. The standard InChI is InChI=1S/C8H13ClN4O2/c1-2-10-6(14)3-4-11-8-13-12-7(5-9)15-8/h2-5H2,1H3,(H,10,14)(H,11,13). The van der Waals surface area contributed by atoms with Gasteiger partial charge in [0.1, 0.15) is 5.88 Å². The summed E-state index contributed by atoms with van der Waals surface area (Å²) in [5.41, 5.74) is 0. The van der Waals surface area contributed by atoms with Crippen molar-refractivity contribution in [3.63, 3.8) is 0 Å². The second-order valence-electron chi connectivity index (χ2n) is 2.76. The first-order valence-electron chi connectivity index (χ1n) is 4.65. The molecule has 0 aromatic carbocycles. The maximum absolute atomic E-state index is 11.1. The Hall–Kier alpha value is -1.30. The average Bonchev–Trinajstić information content (AvgIpc) is 2.66. The predicted octanol–water partition coefficient (Wildman–Crippen LogP) is 0.746. The second kappa shape index (κ2) is 6.23. The van der Waals surface area contributed by atoms with Gasteiger partial charge in [0.05, 0.1) is 0 Å². The van der Waals surface area contributed by atoms with E-state index >= 15 is 0 Å². The van der Waals surface area contributed by atoms with Gasteiger partial charge < -0.3 is 15.1 Å². The van der Waals surface area contributed by atoms with E-state index in [9.17, 15) is 4.79 Å². The van der Waals surface area contributed by atoms with Crippen molar-refractivity contribution in [2.24, 2.45) is 0 Å². The van der Waals surface area contributed by atoms with Crippen molar-refractivity contribution in [2.45, 2.75) is 19.2 Å². The lowest BCUT2D eigenvalue weighted by Crippen LogP contribution is -2.24. The number of alkyl halides is 1. The van der Waals surface area contributed by atoms with Crippen LogP contribution in [-0.4, -0.2) is 29.2 Å². The molecule has 0 bridgehead atoms. The minimum Gasteiger partial charge on any atom is -0.407 e. The lowest BCUT2D eigenvalue weighted by molar-refractivity contribution is -0.120. The molecule has 1 aromatic heterocycles. The zero-order valence-corrected chi connectivity index (χ0v) is 9.17. The van der Waals surface area contributed by atoms with Crippen molar-refractivity contribution in [3.05, 3.63) is 5.89 Å². The van der Waals surface area contributed by atoms with E-state index in [1.54, 1.807) is 0 Å². The largest absolute Gasteiger partial charge is 0.407 e. The number of aromatic nitrogens is 2. The molecule has 0 saturated heterocycles. The maximum Gasteiger partial charge on any atom is 0.315 e. The van der Waals surface area contributed by atoms with Crippen molar-refractivity contribution >= 4 is 23.5 Å². The SMILES string of the molecule is CCNC(=O)CCNc1nnc(CCl)o1. The van der Waals surface area contributed by atoms with Crippen LogP contribution in [0.15, 0.2) is 4.42 Å². The highest BCUT2D eigenvalue weighted by atomic mass is 35.5. The molecule has 1 amide bonds. The van der Waals surface area contributed by atoms with Crippen LogP contribution in [0.3, 0.4) is 0 Å². The van der Waals surface area contributed by atoms with E-state index in [1.807, 2.05) is 6.92 Å². The summed E-state index contributed by atoms with van der Waals surface area (Å²) in [7, 11) is 0. The quantitative estimate of drug-likeness (QED) is 0.708. The minimum atomic E-state index is -0.0120. The second-order valence-corrected chi connectivity index (χ2v) is 3.03. The van der Waals surface area contributed by atoms with Crippen LogP contribution < -0.4 is 10.6 Å². The number of halogens is 1. The number of carbonyl (C=O) groups excluding carboxylic acids is 1. The average molecular weight is 233 g/mol. The van der Waals surface area contributed by atoms with Crippen LogP contribution in [0.2, 0.25) is 0 Å². The van der Waals surface area contributed by atoms with Gasteiger partial charge in [0, 0.05) is 19.5 Å². The summed E-state index contributed by atoms with van der Waals surface area (Å²) in [6.07, 6.45) is 0.367. The van der Waals surface area contributed by atoms with E-state index in [0.29, 0.717) is 25.4 Å². The summed E-state index contributed by atoms with van der Waals surface area (Å²) in [6.45, 7) is 2.96. The van der Waals surface area contributed by atoms with Crippen LogP contribution in [-0.2, 0) is 10.7 Å². The van der Waals surface area contributed by atoms with Crippen LogP contribution in [0, 0.1) is 0 Å². The Kier molecular flexibility index (Phi) is 4.89. The molecule has 0 saturated carbocycles. The highest BCUT2D eigenvalue weighted by Gasteiger charge is 2.04. The molecule has 7 heteroatoms. The van der Waals surface area contributed by atoms with Crippen LogP contribution in [0.5, 0.6) is 0 Å².